The van der Waals surface area contributed by atoms with Crippen molar-refractivity contribution < 1.29 is 4.79 Å². The molecule has 0 aliphatic carbocycles. The molecule has 1 saturated heterocycles. The van der Waals surface area contributed by atoms with Crippen LogP contribution < -0.4 is 5.73 Å². The summed E-state index contributed by atoms with van der Waals surface area (Å²) in [6.45, 7) is 1.53. The lowest BCUT2D eigenvalue weighted by Crippen LogP contribution is -2.32. The van der Waals surface area contributed by atoms with Crippen molar-refractivity contribution >= 4 is 45.6 Å². The quantitative estimate of drug-likeness (QED) is 0.904. The molecule has 1 aromatic rings. The maximum Gasteiger partial charge on any atom is 0.227 e. The third-order valence-electron chi connectivity index (χ3n) is 2.53. The highest BCUT2D eigenvalue weighted by molar-refractivity contribution is 9.11. The van der Waals surface area contributed by atoms with Gasteiger partial charge in [0.1, 0.15) is 0 Å². The van der Waals surface area contributed by atoms with Crippen LogP contribution in [0.2, 0.25) is 0 Å². The Balaban J connectivity index is 0.00000128. The number of likely N-dealkylation sites (tertiary alicyclic amines) is 1. The van der Waals surface area contributed by atoms with Gasteiger partial charge in [0.2, 0.25) is 5.91 Å². The van der Waals surface area contributed by atoms with Crippen LogP contribution in [0.4, 0.5) is 0 Å². The third-order valence-corrected chi connectivity index (χ3v) is 4.16. The standard InChI is InChI=1S/C10H13BrN2OS.ClH/c11-9-2-1-8(15-9)5-10(14)13-4-3-7(12)6-13;/h1-2,7H,3-6,12H2;1H/t7-;/m0./s1. The van der Waals surface area contributed by atoms with E-state index in [0.717, 1.165) is 21.6 Å². The van der Waals surface area contributed by atoms with Crippen molar-refractivity contribution in [2.24, 2.45) is 5.73 Å². The molecule has 0 radical (unpaired) electrons. The number of hydrogen-bond acceptors (Lipinski definition) is 3. The summed E-state index contributed by atoms with van der Waals surface area (Å²) in [6, 6.07) is 4.13. The monoisotopic (exact) mass is 324 g/mol. The van der Waals surface area contributed by atoms with Crippen LogP contribution in [0.1, 0.15) is 11.3 Å². The van der Waals surface area contributed by atoms with Gasteiger partial charge in [-0.1, -0.05) is 0 Å². The van der Waals surface area contributed by atoms with Crippen LogP contribution in [0, 0.1) is 0 Å². The summed E-state index contributed by atoms with van der Waals surface area (Å²) in [5.41, 5.74) is 5.76. The highest BCUT2D eigenvalue weighted by Gasteiger charge is 2.23. The summed E-state index contributed by atoms with van der Waals surface area (Å²) in [4.78, 5) is 14.8. The Morgan fingerprint density at radius 2 is 2.38 bits per heavy atom. The van der Waals surface area contributed by atoms with Gasteiger partial charge < -0.3 is 10.6 Å². The smallest absolute Gasteiger partial charge is 0.227 e. The minimum Gasteiger partial charge on any atom is -0.341 e. The second-order valence-electron chi connectivity index (χ2n) is 3.77. The summed E-state index contributed by atoms with van der Waals surface area (Å²) >= 11 is 5.00. The number of nitrogens with zero attached hydrogens (tertiary/aromatic N) is 1. The van der Waals surface area contributed by atoms with Gasteiger partial charge in [-0.05, 0) is 34.5 Å². The molecule has 0 aromatic carbocycles. The average molecular weight is 326 g/mol. The Morgan fingerprint density at radius 3 is 2.88 bits per heavy atom. The van der Waals surface area contributed by atoms with Crippen molar-refractivity contribution in [3.05, 3.63) is 20.8 Å². The average Bonchev–Trinajstić information content (AvgIpc) is 2.75. The number of halogens is 2. The number of thiophene rings is 1. The van der Waals surface area contributed by atoms with Gasteiger partial charge in [-0.15, -0.1) is 23.7 Å². The maximum atomic E-state index is 11.8. The molecule has 1 aliphatic rings. The fraction of sp³-hybridized carbons (Fsp3) is 0.500. The molecular weight excluding hydrogens is 312 g/mol. The second kappa shape index (κ2) is 6.00. The molecule has 1 atom stereocenters. The van der Waals surface area contributed by atoms with Gasteiger partial charge >= 0.3 is 0 Å². The number of carbonyl (C=O) groups excluding carboxylic acids is 1. The maximum absolute atomic E-state index is 11.8. The van der Waals surface area contributed by atoms with Crippen molar-refractivity contribution in [1.29, 1.82) is 0 Å². The Morgan fingerprint density at radius 1 is 1.62 bits per heavy atom. The lowest BCUT2D eigenvalue weighted by Gasteiger charge is -2.14. The summed E-state index contributed by atoms with van der Waals surface area (Å²) in [7, 11) is 0. The molecular formula is C10H14BrClN2OS. The Hall–Kier alpha value is -0.100. The molecule has 0 saturated carbocycles. The molecule has 90 valence electrons. The number of nitrogens with two attached hydrogens (primary N) is 1. The Bertz CT molecular complexity index is 371. The van der Waals surface area contributed by atoms with Crippen LogP contribution in [-0.4, -0.2) is 29.9 Å². The van der Waals surface area contributed by atoms with Crippen LogP contribution in [0.5, 0.6) is 0 Å². The Labute approximate surface area is 114 Å². The van der Waals surface area contributed by atoms with Gasteiger partial charge in [-0.25, -0.2) is 0 Å². The predicted octanol–water partition coefficient (Wildman–Crippen LogP) is 2.03. The highest BCUT2D eigenvalue weighted by atomic mass is 79.9. The molecule has 1 aliphatic heterocycles. The van der Waals surface area contributed by atoms with Crippen LogP contribution in [-0.2, 0) is 11.2 Å². The van der Waals surface area contributed by atoms with Crippen LogP contribution in [0.25, 0.3) is 0 Å². The van der Waals surface area contributed by atoms with E-state index in [1.165, 1.54) is 0 Å². The van der Waals surface area contributed by atoms with E-state index in [-0.39, 0.29) is 24.4 Å². The number of hydrogen-bond donors (Lipinski definition) is 1. The fourth-order valence-electron chi connectivity index (χ4n) is 1.72. The molecule has 2 heterocycles. The zero-order chi connectivity index (χ0) is 10.8. The molecule has 2 rings (SSSR count). The predicted molar refractivity (Wildman–Crippen MR) is 72.1 cm³/mol. The lowest BCUT2D eigenvalue weighted by molar-refractivity contribution is -0.129. The van der Waals surface area contributed by atoms with Crippen molar-refractivity contribution in [3.8, 4) is 0 Å². The van der Waals surface area contributed by atoms with Crippen molar-refractivity contribution in [2.45, 2.75) is 18.9 Å². The van der Waals surface area contributed by atoms with E-state index >= 15 is 0 Å². The van der Waals surface area contributed by atoms with E-state index in [0.29, 0.717) is 13.0 Å². The largest absolute Gasteiger partial charge is 0.341 e. The van der Waals surface area contributed by atoms with Crippen molar-refractivity contribution in [3.63, 3.8) is 0 Å². The van der Waals surface area contributed by atoms with Gasteiger partial charge in [0.05, 0.1) is 10.2 Å². The summed E-state index contributed by atoms with van der Waals surface area (Å²) in [5.74, 6) is 0.192. The minimum absolute atomic E-state index is 0. The van der Waals surface area contributed by atoms with Gasteiger partial charge in [0, 0.05) is 24.0 Å². The zero-order valence-corrected chi connectivity index (χ0v) is 11.9. The first kappa shape index (κ1) is 14.0. The van der Waals surface area contributed by atoms with E-state index in [9.17, 15) is 4.79 Å². The number of rotatable bonds is 2. The van der Waals surface area contributed by atoms with Gasteiger partial charge in [0.25, 0.3) is 0 Å². The molecule has 1 aromatic heterocycles. The van der Waals surface area contributed by atoms with E-state index in [1.54, 1.807) is 11.3 Å². The van der Waals surface area contributed by atoms with Gasteiger partial charge in [0.15, 0.2) is 0 Å². The van der Waals surface area contributed by atoms with Crippen LogP contribution >= 0.6 is 39.7 Å². The molecule has 16 heavy (non-hydrogen) atoms. The molecule has 0 unspecified atom stereocenters. The summed E-state index contributed by atoms with van der Waals surface area (Å²) < 4.78 is 1.07. The lowest BCUT2D eigenvalue weighted by atomic mass is 10.3. The summed E-state index contributed by atoms with van der Waals surface area (Å²) in [6.07, 6.45) is 1.43. The fourth-order valence-corrected chi connectivity index (χ4v) is 3.20. The van der Waals surface area contributed by atoms with Gasteiger partial charge in [-0.3, -0.25) is 4.79 Å². The third kappa shape index (κ3) is 3.45. The van der Waals surface area contributed by atoms with E-state index in [2.05, 4.69) is 15.9 Å². The van der Waals surface area contributed by atoms with Crippen molar-refractivity contribution in [2.75, 3.05) is 13.1 Å². The van der Waals surface area contributed by atoms with Crippen molar-refractivity contribution in [1.82, 2.24) is 4.90 Å². The van der Waals surface area contributed by atoms with E-state index < -0.39 is 0 Å². The molecule has 1 amide bonds. The zero-order valence-electron chi connectivity index (χ0n) is 8.69. The van der Waals surface area contributed by atoms with Crippen LogP contribution in [0.15, 0.2) is 15.9 Å². The number of amides is 1. The molecule has 1 fully saturated rings. The Kier molecular flexibility index (Phi) is 5.24. The summed E-state index contributed by atoms with van der Waals surface area (Å²) in [5, 5.41) is 0. The topological polar surface area (TPSA) is 46.3 Å². The first-order chi connectivity index (χ1) is 7.15. The minimum atomic E-state index is 0. The van der Waals surface area contributed by atoms with E-state index in [1.807, 2.05) is 17.0 Å². The SMILES string of the molecule is Cl.N[C@H]1CCN(C(=O)Cc2ccc(Br)s2)C1. The second-order valence-corrected chi connectivity index (χ2v) is 6.32. The normalized spacial score (nSPS) is 19.6. The molecule has 0 bridgehead atoms. The first-order valence-electron chi connectivity index (χ1n) is 4.93. The highest BCUT2D eigenvalue weighted by Crippen LogP contribution is 2.23. The molecule has 3 nitrogen and oxygen atoms in total. The molecule has 6 heteroatoms. The number of carbonyl (C=O) groups is 1. The van der Waals surface area contributed by atoms with E-state index in [4.69, 9.17) is 5.73 Å². The van der Waals surface area contributed by atoms with Gasteiger partial charge in [-0.2, -0.15) is 0 Å². The first-order valence-corrected chi connectivity index (χ1v) is 6.53. The molecule has 2 N–H and O–H groups in total. The molecule has 0 spiro atoms. The van der Waals surface area contributed by atoms with Crippen LogP contribution in [0.3, 0.4) is 0 Å².